The first-order chi connectivity index (χ1) is 9.60. The quantitative estimate of drug-likeness (QED) is 0.873. The molecule has 2 nitrogen and oxygen atoms in total. The molecule has 110 valence electrons. The molecular weight excluding hydrogens is 253 g/mol. The van der Waals surface area contributed by atoms with Crippen LogP contribution in [0.15, 0.2) is 18.2 Å². The molecular formula is C17H24FNO. The summed E-state index contributed by atoms with van der Waals surface area (Å²) in [6.07, 6.45) is 8.15. The number of phenols is 1. The number of phenolic OH excluding ortho intramolecular Hbond substituents is 1. The van der Waals surface area contributed by atoms with Crippen LogP contribution in [0.4, 0.5) is 4.39 Å². The second-order valence-electron chi connectivity index (χ2n) is 6.62. The topological polar surface area (TPSA) is 23.5 Å². The van der Waals surface area contributed by atoms with Gasteiger partial charge in [0.25, 0.3) is 0 Å². The molecule has 2 aliphatic rings. The van der Waals surface area contributed by atoms with Crippen LogP contribution >= 0.6 is 0 Å². The number of likely N-dealkylation sites (tertiary alicyclic amines) is 1. The normalized spacial score (nSPS) is 24.1. The maximum absolute atomic E-state index is 13.1. The summed E-state index contributed by atoms with van der Waals surface area (Å²) in [6.45, 7) is 4.30. The number of aromatic hydroxyl groups is 1. The summed E-state index contributed by atoms with van der Waals surface area (Å²) in [5, 5.41) is 9.93. The molecule has 0 radical (unpaired) electrons. The van der Waals surface area contributed by atoms with Crippen LogP contribution in [0, 0.1) is 11.2 Å². The Morgan fingerprint density at radius 3 is 2.40 bits per heavy atom. The number of rotatable bonds is 2. The first-order valence-corrected chi connectivity index (χ1v) is 7.82. The summed E-state index contributed by atoms with van der Waals surface area (Å²) >= 11 is 0. The first-order valence-electron chi connectivity index (χ1n) is 7.82. The zero-order chi connectivity index (χ0) is 14.2. The van der Waals surface area contributed by atoms with Gasteiger partial charge in [0.2, 0.25) is 0 Å². The van der Waals surface area contributed by atoms with E-state index in [0.717, 1.165) is 18.7 Å². The van der Waals surface area contributed by atoms with E-state index in [1.807, 2.05) is 0 Å². The number of halogens is 1. The molecule has 1 unspecified atom stereocenters. The lowest BCUT2D eigenvalue weighted by Crippen LogP contribution is -2.40. The van der Waals surface area contributed by atoms with Crippen LogP contribution in [-0.2, 0) is 0 Å². The van der Waals surface area contributed by atoms with E-state index in [9.17, 15) is 9.50 Å². The largest absolute Gasteiger partial charge is 0.508 e. The van der Waals surface area contributed by atoms with Crippen molar-refractivity contribution in [2.75, 3.05) is 13.1 Å². The molecule has 2 fully saturated rings. The number of piperidine rings is 1. The van der Waals surface area contributed by atoms with Crippen molar-refractivity contribution < 1.29 is 9.50 Å². The minimum atomic E-state index is -0.373. The molecule has 1 aromatic carbocycles. The molecule has 0 aromatic heterocycles. The summed E-state index contributed by atoms with van der Waals surface area (Å²) < 4.78 is 13.1. The highest BCUT2D eigenvalue weighted by molar-refractivity contribution is 5.35. The average molecular weight is 277 g/mol. The number of nitrogens with zero attached hydrogens (tertiary/aromatic N) is 1. The molecule has 1 saturated carbocycles. The van der Waals surface area contributed by atoms with E-state index in [1.54, 1.807) is 6.07 Å². The van der Waals surface area contributed by atoms with Gasteiger partial charge in [0, 0.05) is 17.7 Å². The van der Waals surface area contributed by atoms with Gasteiger partial charge in [0.15, 0.2) is 0 Å². The van der Waals surface area contributed by atoms with Crippen molar-refractivity contribution in [3.63, 3.8) is 0 Å². The van der Waals surface area contributed by atoms with Gasteiger partial charge in [-0.25, -0.2) is 4.39 Å². The fourth-order valence-corrected chi connectivity index (χ4v) is 4.08. The Morgan fingerprint density at radius 2 is 1.80 bits per heavy atom. The van der Waals surface area contributed by atoms with Gasteiger partial charge in [-0.1, -0.05) is 18.9 Å². The SMILES string of the molecule is CC(c1ccc(F)cc1O)N1CCC2(CCCC2)CC1. The highest BCUT2D eigenvalue weighted by Crippen LogP contribution is 2.47. The Balaban J connectivity index is 1.68. The zero-order valence-electron chi connectivity index (χ0n) is 12.2. The molecule has 1 heterocycles. The third-order valence-corrected chi connectivity index (χ3v) is 5.51. The molecule has 3 rings (SSSR count). The Hall–Kier alpha value is -1.09. The van der Waals surface area contributed by atoms with Crippen LogP contribution in [0.3, 0.4) is 0 Å². The fraction of sp³-hybridized carbons (Fsp3) is 0.647. The summed E-state index contributed by atoms with van der Waals surface area (Å²) in [5.74, 6) is -0.291. The van der Waals surface area contributed by atoms with Crippen LogP contribution in [0.2, 0.25) is 0 Å². The lowest BCUT2D eigenvalue weighted by molar-refractivity contribution is 0.0805. The van der Waals surface area contributed by atoms with Crippen LogP contribution in [-0.4, -0.2) is 23.1 Å². The van der Waals surface area contributed by atoms with Gasteiger partial charge < -0.3 is 5.11 Å². The van der Waals surface area contributed by atoms with Crippen molar-refractivity contribution >= 4 is 0 Å². The molecule has 0 amide bonds. The number of benzene rings is 1. The fourth-order valence-electron chi connectivity index (χ4n) is 4.08. The molecule has 20 heavy (non-hydrogen) atoms. The second kappa shape index (κ2) is 5.36. The third kappa shape index (κ3) is 2.56. The van der Waals surface area contributed by atoms with E-state index < -0.39 is 0 Å². The molecule has 0 bridgehead atoms. The molecule has 1 atom stereocenters. The minimum absolute atomic E-state index is 0.0821. The summed E-state index contributed by atoms with van der Waals surface area (Å²) in [5.41, 5.74) is 1.45. The maximum atomic E-state index is 13.1. The van der Waals surface area contributed by atoms with E-state index in [-0.39, 0.29) is 17.6 Å². The zero-order valence-corrected chi connectivity index (χ0v) is 12.2. The highest BCUT2D eigenvalue weighted by Gasteiger charge is 2.38. The molecule has 1 aromatic rings. The monoisotopic (exact) mass is 277 g/mol. The third-order valence-electron chi connectivity index (χ3n) is 5.51. The summed E-state index contributed by atoms with van der Waals surface area (Å²) in [7, 11) is 0. The molecule has 1 aliphatic carbocycles. The van der Waals surface area contributed by atoms with Crippen molar-refractivity contribution in [2.45, 2.75) is 51.5 Å². The first kappa shape index (κ1) is 13.9. The Bertz CT molecular complexity index is 472. The average Bonchev–Trinajstić information content (AvgIpc) is 2.87. The Labute approximate surface area is 120 Å². The van der Waals surface area contributed by atoms with Crippen molar-refractivity contribution in [1.29, 1.82) is 0 Å². The van der Waals surface area contributed by atoms with Crippen LogP contribution < -0.4 is 0 Å². The predicted molar refractivity (Wildman–Crippen MR) is 78.2 cm³/mol. The van der Waals surface area contributed by atoms with Crippen LogP contribution in [0.25, 0.3) is 0 Å². The van der Waals surface area contributed by atoms with Crippen molar-refractivity contribution in [2.24, 2.45) is 5.41 Å². The maximum Gasteiger partial charge on any atom is 0.126 e. The molecule has 1 saturated heterocycles. The molecule has 3 heteroatoms. The van der Waals surface area contributed by atoms with Gasteiger partial charge >= 0.3 is 0 Å². The van der Waals surface area contributed by atoms with Crippen molar-refractivity contribution in [3.05, 3.63) is 29.6 Å². The standard InChI is InChI=1S/C17H24FNO/c1-13(15-5-4-14(18)12-16(15)20)19-10-8-17(9-11-19)6-2-3-7-17/h4-5,12-13,20H,2-3,6-11H2,1H3. The predicted octanol–water partition coefficient (Wildman–Crippen LogP) is 4.25. The molecule has 1 aliphatic heterocycles. The molecule has 1 N–H and O–H groups in total. The van der Waals surface area contributed by atoms with Crippen molar-refractivity contribution in [1.82, 2.24) is 4.90 Å². The summed E-state index contributed by atoms with van der Waals surface area (Å²) in [6, 6.07) is 4.53. The van der Waals surface area contributed by atoms with E-state index in [0.29, 0.717) is 5.41 Å². The van der Waals surface area contributed by atoms with Crippen LogP contribution in [0.1, 0.15) is 57.1 Å². The van der Waals surface area contributed by atoms with Gasteiger partial charge in [-0.3, -0.25) is 4.90 Å². The highest BCUT2D eigenvalue weighted by atomic mass is 19.1. The van der Waals surface area contributed by atoms with E-state index in [2.05, 4.69) is 11.8 Å². The number of hydrogen-bond donors (Lipinski definition) is 1. The van der Waals surface area contributed by atoms with Gasteiger partial charge in [-0.15, -0.1) is 0 Å². The van der Waals surface area contributed by atoms with Gasteiger partial charge in [-0.05, 0) is 57.2 Å². The van der Waals surface area contributed by atoms with E-state index in [1.165, 1.54) is 50.7 Å². The van der Waals surface area contributed by atoms with Crippen molar-refractivity contribution in [3.8, 4) is 5.75 Å². The Morgan fingerprint density at radius 1 is 1.15 bits per heavy atom. The second-order valence-corrected chi connectivity index (χ2v) is 6.62. The molecule has 1 spiro atoms. The lowest BCUT2D eigenvalue weighted by atomic mass is 9.76. The van der Waals surface area contributed by atoms with Crippen LogP contribution in [0.5, 0.6) is 5.75 Å². The van der Waals surface area contributed by atoms with Gasteiger partial charge in [-0.2, -0.15) is 0 Å². The van der Waals surface area contributed by atoms with Gasteiger partial charge in [0.1, 0.15) is 11.6 Å². The minimum Gasteiger partial charge on any atom is -0.508 e. The van der Waals surface area contributed by atoms with E-state index >= 15 is 0 Å². The summed E-state index contributed by atoms with van der Waals surface area (Å²) in [4.78, 5) is 2.43. The Kier molecular flexibility index (Phi) is 3.72. The number of hydrogen-bond acceptors (Lipinski definition) is 2. The lowest BCUT2D eigenvalue weighted by Gasteiger charge is -2.42. The van der Waals surface area contributed by atoms with E-state index in [4.69, 9.17) is 0 Å². The van der Waals surface area contributed by atoms with Gasteiger partial charge in [0.05, 0.1) is 0 Å². The smallest absolute Gasteiger partial charge is 0.126 e.